The summed E-state index contributed by atoms with van der Waals surface area (Å²) in [5.74, 6) is -0.653. The van der Waals surface area contributed by atoms with Crippen LogP contribution in [0.3, 0.4) is 0 Å². The lowest BCUT2D eigenvalue weighted by atomic mass is 10.1. The van der Waals surface area contributed by atoms with Crippen molar-refractivity contribution in [1.29, 1.82) is 0 Å². The lowest BCUT2D eigenvalue weighted by Gasteiger charge is -2.25. The van der Waals surface area contributed by atoms with Gasteiger partial charge in [0, 0.05) is 35.0 Å². The molecule has 2 rings (SSSR count). The maximum absolute atomic E-state index is 12.8. The molecule has 0 radical (unpaired) electrons. The van der Waals surface area contributed by atoms with Gasteiger partial charge in [-0.25, -0.2) is 8.42 Å². The van der Waals surface area contributed by atoms with E-state index in [-0.39, 0.29) is 40.2 Å². The molecule has 0 aromatic heterocycles. The highest BCUT2D eigenvalue weighted by atomic mass is 32.2. The van der Waals surface area contributed by atoms with Crippen LogP contribution in [0.2, 0.25) is 0 Å². The number of hydrogen-bond acceptors (Lipinski definition) is 6. The first-order valence-electron chi connectivity index (χ1n) is 10.2. The molecule has 0 saturated heterocycles. The standard InChI is InChI=1S/C22H28N4O6S/c1-6-25(14-20(27)23-22(3,4)5)21(28)16-8-10-17(11-9-16)24-33(31,32)18-12-7-15(2)19(13-18)26(29)30/h7-13,24H,6,14H2,1-5H3,(H,23,27). The van der Waals surface area contributed by atoms with Crippen molar-refractivity contribution in [2.75, 3.05) is 17.8 Å². The normalized spacial score (nSPS) is 11.5. The minimum Gasteiger partial charge on any atom is -0.350 e. The molecule has 0 aliphatic rings. The number of nitrogens with zero attached hydrogens (tertiary/aromatic N) is 2. The number of rotatable bonds is 8. The van der Waals surface area contributed by atoms with Gasteiger partial charge in [0.15, 0.2) is 0 Å². The summed E-state index contributed by atoms with van der Waals surface area (Å²) in [4.78, 5) is 36.5. The zero-order chi connectivity index (χ0) is 25.0. The zero-order valence-electron chi connectivity index (χ0n) is 19.2. The number of nitro benzene ring substituents is 1. The number of benzene rings is 2. The number of nitrogens with one attached hydrogen (secondary N) is 2. The Morgan fingerprint density at radius 3 is 2.21 bits per heavy atom. The topological polar surface area (TPSA) is 139 Å². The molecular weight excluding hydrogens is 448 g/mol. The molecule has 0 aliphatic heterocycles. The molecule has 33 heavy (non-hydrogen) atoms. The molecule has 2 amide bonds. The summed E-state index contributed by atoms with van der Waals surface area (Å²) in [6.07, 6.45) is 0. The molecule has 0 atom stereocenters. The molecule has 2 aromatic rings. The number of amides is 2. The van der Waals surface area contributed by atoms with Gasteiger partial charge in [-0.15, -0.1) is 0 Å². The van der Waals surface area contributed by atoms with Crippen LogP contribution in [0.5, 0.6) is 0 Å². The van der Waals surface area contributed by atoms with Gasteiger partial charge >= 0.3 is 0 Å². The molecule has 0 spiro atoms. The van der Waals surface area contributed by atoms with Crippen molar-refractivity contribution in [3.8, 4) is 0 Å². The van der Waals surface area contributed by atoms with Crippen LogP contribution < -0.4 is 10.0 Å². The molecule has 0 heterocycles. The maximum atomic E-state index is 12.8. The fraction of sp³-hybridized carbons (Fsp3) is 0.364. The summed E-state index contributed by atoms with van der Waals surface area (Å²) >= 11 is 0. The Morgan fingerprint density at radius 1 is 1.09 bits per heavy atom. The summed E-state index contributed by atoms with van der Waals surface area (Å²) in [5, 5.41) is 13.9. The number of likely N-dealkylation sites (N-methyl/N-ethyl adjacent to an activating group) is 1. The van der Waals surface area contributed by atoms with Gasteiger partial charge in [0.05, 0.1) is 16.4 Å². The van der Waals surface area contributed by atoms with E-state index in [9.17, 15) is 28.1 Å². The monoisotopic (exact) mass is 476 g/mol. The van der Waals surface area contributed by atoms with Crippen molar-refractivity contribution >= 4 is 33.2 Å². The van der Waals surface area contributed by atoms with E-state index < -0.39 is 20.5 Å². The van der Waals surface area contributed by atoms with Crippen LogP contribution in [0.25, 0.3) is 0 Å². The van der Waals surface area contributed by atoms with Gasteiger partial charge in [-0.3, -0.25) is 24.4 Å². The zero-order valence-corrected chi connectivity index (χ0v) is 20.0. The second kappa shape index (κ2) is 9.99. The quantitative estimate of drug-likeness (QED) is 0.443. The number of anilines is 1. The average molecular weight is 477 g/mol. The first-order valence-corrected chi connectivity index (χ1v) is 11.7. The van der Waals surface area contributed by atoms with Crippen molar-refractivity contribution in [2.24, 2.45) is 0 Å². The fourth-order valence-corrected chi connectivity index (χ4v) is 4.07. The Kier molecular flexibility index (Phi) is 7.80. The first kappa shape index (κ1) is 25.8. The fourth-order valence-electron chi connectivity index (χ4n) is 2.99. The van der Waals surface area contributed by atoms with Crippen LogP contribution in [0.1, 0.15) is 43.6 Å². The summed E-state index contributed by atoms with van der Waals surface area (Å²) < 4.78 is 27.6. The number of carbonyl (C=O) groups is 2. The summed E-state index contributed by atoms with van der Waals surface area (Å²) in [5.41, 5.74) is 0.0982. The van der Waals surface area contributed by atoms with Crippen LogP contribution in [0.4, 0.5) is 11.4 Å². The van der Waals surface area contributed by atoms with Crippen LogP contribution in [-0.4, -0.2) is 48.7 Å². The molecule has 0 bridgehead atoms. The third kappa shape index (κ3) is 7.01. The van der Waals surface area contributed by atoms with Crippen LogP contribution >= 0.6 is 0 Å². The van der Waals surface area contributed by atoms with E-state index in [0.29, 0.717) is 12.1 Å². The Bertz CT molecular complexity index is 1150. The van der Waals surface area contributed by atoms with Crippen LogP contribution in [-0.2, 0) is 14.8 Å². The molecule has 0 saturated carbocycles. The van der Waals surface area contributed by atoms with E-state index in [1.807, 2.05) is 20.8 Å². The Morgan fingerprint density at radius 2 is 1.70 bits per heavy atom. The molecule has 2 N–H and O–H groups in total. The third-order valence-electron chi connectivity index (χ3n) is 4.59. The molecule has 0 unspecified atom stereocenters. The van der Waals surface area contributed by atoms with Crippen molar-refractivity contribution in [3.63, 3.8) is 0 Å². The van der Waals surface area contributed by atoms with Crippen molar-refractivity contribution in [2.45, 2.75) is 45.1 Å². The SMILES string of the molecule is CCN(CC(=O)NC(C)(C)C)C(=O)c1ccc(NS(=O)(=O)c2ccc(C)c([N+](=O)[O-])c2)cc1. The lowest BCUT2D eigenvalue weighted by Crippen LogP contribution is -2.47. The second-order valence-electron chi connectivity index (χ2n) is 8.51. The molecule has 2 aromatic carbocycles. The van der Waals surface area contributed by atoms with E-state index in [0.717, 1.165) is 6.07 Å². The molecule has 11 heteroatoms. The predicted molar refractivity (Wildman–Crippen MR) is 125 cm³/mol. The van der Waals surface area contributed by atoms with Crippen molar-refractivity contribution in [1.82, 2.24) is 10.2 Å². The number of hydrogen-bond donors (Lipinski definition) is 2. The van der Waals surface area contributed by atoms with Gasteiger partial charge < -0.3 is 10.2 Å². The van der Waals surface area contributed by atoms with Gasteiger partial charge in [-0.2, -0.15) is 0 Å². The smallest absolute Gasteiger partial charge is 0.273 e. The van der Waals surface area contributed by atoms with Crippen LogP contribution in [0.15, 0.2) is 47.4 Å². The van der Waals surface area contributed by atoms with Gasteiger partial charge in [-0.05, 0) is 65.0 Å². The van der Waals surface area contributed by atoms with Gasteiger partial charge in [0.25, 0.3) is 21.6 Å². The highest BCUT2D eigenvalue weighted by Gasteiger charge is 2.22. The molecule has 0 aliphatic carbocycles. The third-order valence-corrected chi connectivity index (χ3v) is 5.97. The maximum Gasteiger partial charge on any atom is 0.273 e. The largest absolute Gasteiger partial charge is 0.350 e. The molecule has 10 nitrogen and oxygen atoms in total. The van der Waals surface area contributed by atoms with Gasteiger partial charge in [0.1, 0.15) is 0 Å². The number of carbonyl (C=O) groups excluding carboxylic acids is 2. The van der Waals surface area contributed by atoms with Crippen molar-refractivity contribution < 1.29 is 22.9 Å². The van der Waals surface area contributed by atoms with E-state index in [1.165, 1.54) is 48.2 Å². The number of aryl methyl sites for hydroxylation is 1. The number of nitro groups is 1. The summed E-state index contributed by atoms with van der Waals surface area (Å²) in [6.45, 7) is 9.02. The Balaban J connectivity index is 2.16. The van der Waals surface area contributed by atoms with E-state index in [1.54, 1.807) is 6.92 Å². The Labute approximate surface area is 193 Å². The second-order valence-corrected chi connectivity index (χ2v) is 10.2. The minimum atomic E-state index is -4.08. The molecule has 0 fully saturated rings. The van der Waals surface area contributed by atoms with E-state index in [2.05, 4.69) is 10.0 Å². The Hall–Kier alpha value is -3.47. The molecular formula is C22H28N4O6S. The summed E-state index contributed by atoms with van der Waals surface area (Å²) in [6, 6.07) is 9.36. The van der Waals surface area contributed by atoms with Crippen LogP contribution in [0, 0.1) is 17.0 Å². The van der Waals surface area contributed by atoms with Gasteiger partial charge in [-0.1, -0.05) is 6.07 Å². The average Bonchev–Trinajstić information content (AvgIpc) is 2.70. The van der Waals surface area contributed by atoms with Crippen molar-refractivity contribution in [3.05, 3.63) is 63.7 Å². The number of sulfonamides is 1. The highest BCUT2D eigenvalue weighted by molar-refractivity contribution is 7.92. The molecule has 178 valence electrons. The van der Waals surface area contributed by atoms with E-state index >= 15 is 0 Å². The first-order chi connectivity index (χ1) is 15.2. The van der Waals surface area contributed by atoms with Gasteiger partial charge in [0.2, 0.25) is 5.91 Å². The predicted octanol–water partition coefficient (Wildman–Crippen LogP) is 3.08. The lowest BCUT2D eigenvalue weighted by molar-refractivity contribution is -0.385. The highest BCUT2D eigenvalue weighted by Crippen LogP contribution is 2.24. The minimum absolute atomic E-state index is 0.104. The van der Waals surface area contributed by atoms with E-state index in [4.69, 9.17) is 0 Å². The summed E-state index contributed by atoms with van der Waals surface area (Å²) in [7, 11) is -4.08.